The van der Waals surface area contributed by atoms with Crippen molar-refractivity contribution in [2.24, 2.45) is 5.92 Å². The summed E-state index contributed by atoms with van der Waals surface area (Å²) in [6, 6.07) is 17.8. The molecule has 2 aromatic rings. The fourth-order valence-electron chi connectivity index (χ4n) is 3.97. The van der Waals surface area contributed by atoms with Gasteiger partial charge in [-0.05, 0) is 85.3 Å². The minimum Gasteiger partial charge on any atom is -0.192 e. The van der Waals surface area contributed by atoms with Gasteiger partial charge < -0.3 is 0 Å². The Morgan fingerprint density at radius 1 is 0.960 bits per heavy atom. The van der Waals surface area contributed by atoms with Crippen LogP contribution in [-0.4, -0.2) is 0 Å². The fraction of sp³-hybridized carbons (Fsp3) is 0.458. The first kappa shape index (κ1) is 17.7. The molecule has 1 atom stereocenters. The molecule has 130 valence electrons. The smallest absolute Gasteiger partial charge is 0.0991 e. The molecule has 0 heterocycles. The number of nitrogens with zero attached hydrogens (tertiary/aromatic N) is 1. The summed E-state index contributed by atoms with van der Waals surface area (Å²) in [5.74, 6) is 0.782. The summed E-state index contributed by atoms with van der Waals surface area (Å²) in [4.78, 5) is 0. The molecule has 0 spiro atoms. The van der Waals surface area contributed by atoms with Crippen LogP contribution in [0.25, 0.3) is 0 Å². The van der Waals surface area contributed by atoms with E-state index in [1.807, 2.05) is 6.07 Å². The zero-order valence-corrected chi connectivity index (χ0v) is 15.4. The molecule has 0 saturated carbocycles. The zero-order valence-electron chi connectivity index (χ0n) is 15.4. The highest BCUT2D eigenvalue weighted by molar-refractivity contribution is 5.39. The van der Waals surface area contributed by atoms with Crippen LogP contribution in [0.3, 0.4) is 0 Å². The normalized spacial score (nSPS) is 16.2. The Morgan fingerprint density at radius 2 is 1.72 bits per heavy atom. The molecule has 1 aliphatic rings. The first-order valence-electron chi connectivity index (χ1n) is 9.88. The van der Waals surface area contributed by atoms with E-state index in [0.29, 0.717) is 0 Å². The molecule has 0 amide bonds. The molecule has 3 rings (SSSR count). The van der Waals surface area contributed by atoms with Gasteiger partial charge in [0.15, 0.2) is 0 Å². The van der Waals surface area contributed by atoms with Crippen molar-refractivity contribution in [2.75, 3.05) is 0 Å². The van der Waals surface area contributed by atoms with Crippen molar-refractivity contribution in [1.82, 2.24) is 0 Å². The largest absolute Gasteiger partial charge is 0.192 e. The maximum atomic E-state index is 9.03. The second-order valence-corrected chi connectivity index (χ2v) is 7.52. The maximum absolute atomic E-state index is 9.03. The quantitative estimate of drug-likeness (QED) is 0.568. The highest BCUT2D eigenvalue weighted by Crippen LogP contribution is 2.29. The molecule has 0 saturated heterocycles. The Morgan fingerprint density at radius 3 is 2.44 bits per heavy atom. The van der Waals surface area contributed by atoms with Gasteiger partial charge in [-0.15, -0.1) is 0 Å². The van der Waals surface area contributed by atoms with E-state index < -0.39 is 0 Å². The van der Waals surface area contributed by atoms with Crippen LogP contribution >= 0.6 is 0 Å². The van der Waals surface area contributed by atoms with E-state index >= 15 is 0 Å². The lowest BCUT2D eigenvalue weighted by atomic mass is 9.80. The van der Waals surface area contributed by atoms with E-state index in [-0.39, 0.29) is 0 Å². The average Bonchev–Trinajstić information content (AvgIpc) is 2.67. The van der Waals surface area contributed by atoms with Gasteiger partial charge >= 0.3 is 0 Å². The highest BCUT2D eigenvalue weighted by Gasteiger charge is 2.18. The van der Waals surface area contributed by atoms with Crippen LogP contribution in [0.2, 0.25) is 0 Å². The van der Waals surface area contributed by atoms with Crippen LogP contribution in [0.1, 0.15) is 66.8 Å². The van der Waals surface area contributed by atoms with Gasteiger partial charge in [-0.25, -0.2) is 0 Å². The average molecular weight is 332 g/mol. The first-order valence-corrected chi connectivity index (χ1v) is 9.88. The number of benzene rings is 2. The van der Waals surface area contributed by atoms with Crippen LogP contribution < -0.4 is 0 Å². The third-order valence-corrected chi connectivity index (χ3v) is 5.60. The molecule has 1 nitrogen and oxygen atoms in total. The highest BCUT2D eigenvalue weighted by atomic mass is 14.3. The van der Waals surface area contributed by atoms with Gasteiger partial charge in [-0.2, -0.15) is 5.26 Å². The molecule has 2 aromatic carbocycles. The predicted molar refractivity (Wildman–Crippen MR) is 105 cm³/mol. The third kappa shape index (κ3) is 4.95. The molecule has 0 fully saturated rings. The summed E-state index contributed by atoms with van der Waals surface area (Å²) in [6.45, 7) is 2.26. The van der Waals surface area contributed by atoms with E-state index in [2.05, 4.69) is 49.4 Å². The van der Waals surface area contributed by atoms with Crippen molar-refractivity contribution in [3.05, 3.63) is 70.3 Å². The van der Waals surface area contributed by atoms with Crippen LogP contribution in [0.5, 0.6) is 0 Å². The van der Waals surface area contributed by atoms with Crippen molar-refractivity contribution in [2.45, 2.75) is 64.7 Å². The lowest BCUT2D eigenvalue weighted by molar-refractivity contribution is 0.427. The molecule has 25 heavy (non-hydrogen) atoms. The van der Waals surface area contributed by atoms with Gasteiger partial charge in [-0.1, -0.05) is 50.1 Å². The summed E-state index contributed by atoms with van der Waals surface area (Å²) < 4.78 is 0. The van der Waals surface area contributed by atoms with Gasteiger partial charge in [0.25, 0.3) is 0 Å². The molecule has 0 N–H and O–H groups in total. The second-order valence-electron chi connectivity index (χ2n) is 7.52. The Kier molecular flexibility index (Phi) is 6.29. The van der Waals surface area contributed by atoms with Crippen LogP contribution in [0.4, 0.5) is 0 Å². The maximum Gasteiger partial charge on any atom is 0.0991 e. The standard InChI is InChI=1S/C24H29N/c1-2-3-4-5-19-6-8-20(9-7-19)10-11-21-12-14-24-17-22(18-25)13-15-23(24)16-21/h6-9,13,15,17,21H,2-5,10-12,14,16H2,1H3. The van der Waals surface area contributed by atoms with E-state index in [1.54, 1.807) is 0 Å². The first-order chi connectivity index (χ1) is 12.3. The fourth-order valence-corrected chi connectivity index (χ4v) is 3.97. The zero-order chi connectivity index (χ0) is 17.5. The summed E-state index contributed by atoms with van der Waals surface area (Å²) >= 11 is 0. The van der Waals surface area contributed by atoms with Gasteiger partial charge in [0.1, 0.15) is 0 Å². The number of aryl methyl sites for hydroxylation is 3. The number of nitriles is 1. The van der Waals surface area contributed by atoms with Crippen LogP contribution in [0, 0.1) is 17.2 Å². The molecular formula is C24H29N. The van der Waals surface area contributed by atoms with Crippen LogP contribution in [0.15, 0.2) is 42.5 Å². The van der Waals surface area contributed by atoms with Crippen molar-refractivity contribution in [1.29, 1.82) is 5.26 Å². The van der Waals surface area contributed by atoms with Crippen LogP contribution in [-0.2, 0) is 25.7 Å². The van der Waals surface area contributed by atoms with E-state index in [4.69, 9.17) is 5.26 Å². The third-order valence-electron chi connectivity index (χ3n) is 5.60. The second kappa shape index (κ2) is 8.86. The number of unbranched alkanes of at least 4 members (excludes halogenated alkanes) is 2. The number of hydrogen-bond acceptors (Lipinski definition) is 1. The molecule has 0 radical (unpaired) electrons. The number of hydrogen-bond donors (Lipinski definition) is 0. The summed E-state index contributed by atoms with van der Waals surface area (Å²) in [5, 5.41) is 9.03. The molecule has 0 aromatic heterocycles. The Labute approximate surface area is 152 Å². The molecule has 1 unspecified atom stereocenters. The van der Waals surface area contributed by atoms with Crippen molar-refractivity contribution in [3.8, 4) is 6.07 Å². The molecule has 1 aliphatic carbocycles. The van der Waals surface area contributed by atoms with Gasteiger partial charge in [0, 0.05) is 0 Å². The lowest BCUT2D eigenvalue weighted by Gasteiger charge is -2.24. The minimum absolute atomic E-state index is 0.782. The molecular weight excluding hydrogens is 302 g/mol. The Balaban J connectivity index is 1.50. The number of fused-ring (bicyclic) bond motifs is 1. The van der Waals surface area contributed by atoms with Crippen molar-refractivity contribution in [3.63, 3.8) is 0 Å². The molecule has 0 bridgehead atoms. The monoisotopic (exact) mass is 331 g/mol. The van der Waals surface area contributed by atoms with E-state index in [0.717, 1.165) is 17.9 Å². The van der Waals surface area contributed by atoms with Gasteiger partial charge in [0.2, 0.25) is 0 Å². The summed E-state index contributed by atoms with van der Waals surface area (Å²) in [7, 11) is 0. The SMILES string of the molecule is CCCCCc1ccc(CCC2CCc3cc(C#N)ccc3C2)cc1. The number of rotatable bonds is 7. The van der Waals surface area contributed by atoms with Gasteiger partial charge in [-0.3, -0.25) is 0 Å². The Hall–Kier alpha value is -2.07. The van der Waals surface area contributed by atoms with Crippen molar-refractivity contribution >= 4 is 0 Å². The predicted octanol–water partition coefficient (Wildman–Crippen LogP) is 6.03. The summed E-state index contributed by atoms with van der Waals surface area (Å²) in [6.07, 6.45) is 11.2. The van der Waals surface area contributed by atoms with Crippen molar-refractivity contribution < 1.29 is 0 Å². The van der Waals surface area contributed by atoms with E-state index in [9.17, 15) is 0 Å². The summed E-state index contributed by atoms with van der Waals surface area (Å²) in [5.41, 5.74) is 6.62. The molecule has 1 heteroatoms. The van der Waals surface area contributed by atoms with E-state index in [1.165, 1.54) is 73.6 Å². The lowest BCUT2D eigenvalue weighted by Crippen LogP contribution is -2.15. The van der Waals surface area contributed by atoms with Gasteiger partial charge in [0.05, 0.1) is 11.6 Å². The topological polar surface area (TPSA) is 23.8 Å². The molecule has 0 aliphatic heterocycles. The Bertz CT molecular complexity index is 721. The minimum atomic E-state index is 0.782.